The van der Waals surface area contributed by atoms with Crippen LogP contribution in [-0.2, 0) is 4.53 Å². The molecule has 0 aromatic rings. The lowest BCUT2D eigenvalue weighted by Crippen LogP contribution is -2.25. The quantitative estimate of drug-likeness (QED) is 0.452. The van der Waals surface area contributed by atoms with Crippen molar-refractivity contribution in [3.63, 3.8) is 0 Å². The molecule has 0 aromatic heterocycles. The lowest BCUT2D eigenvalue weighted by Gasteiger charge is -2.17. The fourth-order valence-electron chi connectivity index (χ4n) is 1.18. The molecule has 0 aliphatic carbocycles. The largest absolute Gasteiger partial charge is 0.354 e. The highest BCUT2D eigenvalue weighted by atomic mass is 28.2. The Morgan fingerprint density at radius 2 is 2.50 bits per heavy atom. The van der Waals surface area contributed by atoms with Crippen molar-refractivity contribution in [2.24, 2.45) is 0 Å². The minimum atomic E-state index is 0.674. The van der Waals surface area contributed by atoms with Crippen molar-refractivity contribution in [3.05, 3.63) is 0 Å². The molecule has 1 aliphatic heterocycles. The Bertz CT molecular complexity index is 78.8. The molecule has 0 saturated carbocycles. The molecule has 1 aliphatic rings. The van der Waals surface area contributed by atoms with Gasteiger partial charge >= 0.3 is 0 Å². The van der Waals surface area contributed by atoms with Gasteiger partial charge in [-0.3, -0.25) is 0 Å². The van der Waals surface area contributed by atoms with Crippen LogP contribution in [0.2, 0.25) is 0 Å². The summed E-state index contributed by atoms with van der Waals surface area (Å²) in [7, 11) is 0.846. The van der Waals surface area contributed by atoms with E-state index in [1.807, 2.05) is 0 Å². The van der Waals surface area contributed by atoms with Gasteiger partial charge in [0.15, 0.2) is 10.5 Å². The Kier molecular flexibility index (Phi) is 2.05. The van der Waals surface area contributed by atoms with E-state index >= 15 is 0 Å². The van der Waals surface area contributed by atoms with Crippen molar-refractivity contribution in [2.75, 3.05) is 6.54 Å². The van der Waals surface area contributed by atoms with Gasteiger partial charge in [0.05, 0.1) is 0 Å². The van der Waals surface area contributed by atoms with E-state index < -0.39 is 0 Å². The standard InChI is InChI=1S/C5H13NOSi/c1-5-3-2-4-6(5)7-8/h5H,2-4H2,1,8H3/t5-/m1/s1. The van der Waals surface area contributed by atoms with Gasteiger partial charge in [-0.1, -0.05) is 0 Å². The second kappa shape index (κ2) is 2.62. The molecular weight excluding hydrogens is 118 g/mol. The van der Waals surface area contributed by atoms with E-state index in [9.17, 15) is 0 Å². The molecule has 1 heterocycles. The predicted octanol–water partition coefficient (Wildman–Crippen LogP) is -0.317. The molecule has 48 valence electrons. The van der Waals surface area contributed by atoms with Gasteiger partial charge in [0.2, 0.25) is 0 Å². The van der Waals surface area contributed by atoms with Gasteiger partial charge in [-0.2, -0.15) is 5.06 Å². The summed E-state index contributed by atoms with van der Waals surface area (Å²) in [6.07, 6.45) is 2.62. The molecule has 0 spiro atoms. The van der Waals surface area contributed by atoms with Crippen LogP contribution in [0.15, 0.2) is 0 Å². The van der Waals surface area contributed by atoms with Crippen molar-refractivity contribution in [3.8, 4) is 0 Å². The average Bonchev–Trinajstić information content (AvgIpc) is 2.14. The highest BCUT2D eigenvalue weighted by molar-refractivity contribution is 5.97. The maximum Gasteiger partial charge on any atom is 0.175 e. The summed E-state index contributed by atoms with van der Waals surface area (Å²) in [5.74, 6) is 0. The highest BCUT2D eigenvalue weighted by Gasteiger charge is 2.18. The number of hydrogen-bond acceptors (Lipinski definition) is 2. The summed E-state index contributed by atoms with van der Waals surface area (Å²) in [5, 5.41) is 2.09. The summed E-state index contributed by atoms with van der Waals surface area (Å²) in [4.78, 5) is 0. The molecule has 0 bridgehead atoms. The average molecular weight is 131 g/mol. The van der Waals surface area contributed by atoms with Crippen LogP contribution in [0.4, 0.5) is 0 Å². The van der Waals surface area contributed by atoms with Crippen LogP contribution in [0.1, 0.15) is 19.8 Å². The molecule has 0 unspecified atom stereocenters. The summed E-state index contributed by atoms with van der Waals surface area (Å²) in [6, 6.07) is 0.674. The Labute approximate surface area is 53.3 Å². The molecule has 1 atom stereocenters. The minimum Gasteiger partial charge on any atom is -0.354 e. The Hall–Kier alpha value is 0.137. The molecule has 0 aromatic carbocycles. The van der Waals surface area contributed by atoms with Gasteiger partial charge in [-0.05, 0) is 19.8 Å². The van der Waals surface area contributed by atoms with Crippen molar-refractivity contribution < 1.29 is 4.53 Å². The second-order valence-electron chi connectivity index (χ2n) is 2.31. The van der Waals surface area contributed by atoms with Gasteiger partial charge in [-0.15, -0.1) is 0 Å². The van der Waals surface area contributed by atoms with Crippen molar-refractivity contribution in [1.29, 1.82) is 0 Å². The molecule has 8 heavy (non-hydrogen) atoms. The van der Waals surface area contributed by atoms with E-state index in [4.69, 9.17) is 4.53 Å². The van der Waals surface area contributed by atoms with Crippen LogP contribution >= 0.6 is 0 Å². The molecule has 1 fully saturated rings. The SMILES string of the molecule is C[C@@H]1CCCN1O[SiH3]. The number of rotatable bonds is 1. The normalized spacial score (nSPS) is 31.9. The molecule has 1 saturated heterocycles. The van der Waals surface area contributed by atoms with Crippen LogP contribution in [0.3, 0.4) is 0 Å². The molecule has 1 rings (SSSR count). The summed E-state index contributed by atoms with van der Waals surface area (Å²) in [6.45, 7) is 3.36. The fourth-order valence-corrected chi connectivity index (χ4v) is 1.72. The van der Waals surface area contributed by atoms with Crippen LogP contribution in [-0.4, -0.2) is 28.1 Å². The van der Waals surface area contributed by atoms with Gasteiger partial charge in [0.25, 0.3) is 0 Å². The predicted molar refractivity (Wildman–Crippen MR) is 36.4 cm³/mol. The number of nitrogens with zero attached hydrogens (tertiary/aromatic N) is 1. The van der Waals surface area contributed by atoms with E-state index in [0.717, 1.165) is 17.0 Å². The summed E-state index contributed by atoms with van der Waals surface area (Å²) < 4.78 is 5.20. The van der Waals surface area contributed by atoms with Gasteiger partial charge in [0, 0.05) is 12.6 Å². The highest BCUT2D eigenvalue weighted by Crippen LogP contribution is 2.14. The zero-order valence-corrected chi connectivity index (χ0v) is 7.55. The smallest absolute Gasteiger partial charge is 0.175 e. The molecular formula is C5H13NOSi. The van der Waals surface area contributed by atoms with Crippen LogP contribution < -0.4 is 0 Å². The molecule has 0 amide bonds. The van der Waals surface area contributed by atoms with Crippen molar-refractivity contribution in [1.82, 2.24) is 5.06 Å². The van der Waals surface area contributed by atoms with Crippen LogP contribution in [0, 0.1) is 0 Å². The molecule has 3 heteroatoms. The van der Waals surface area contributed by atoms with Crippen molar-refractivity contribution in [2.45, 2.75) is 25.8 Å². The minimum absolute atomic E-state index is 0.674. The number of hydrogen-bond donors (Lipinski definition) is 0. The van der Waals surface area contributed by atoms with E-state index in [1.165, 1.54) is 12.8 Å². The summed E-state index contributed by atoms with van der Waals surface area (Å²) >= 11 is 0. The molecule has 0 radical (unpaired) electrons. The topological polar surface area (TPSA) is 12.5 Å². The molecule has 2 nitrogen and oxygen atoms in total. The number of hydroxylamine groups is 2. The van der Waals surface area contributed by atoms with Gasteiger partial charge in [0.1, 0.15) is 0 Å². The van der Waals surface area contributed by atoms with E-state index in [0.29, 0.717) is 6.04 Å². The zero-order valence-electron chi connectivity index (χ0n) is 5.55. The Morgan fingerprint density at radius 1 is 1.75 bits per heavy atom. The first kappa shape index (κ1) is 6.26. The second-order valence-corrected chi connectivity index (χ2v) is 2.68. The summed E-state index contributed by atoms with van der Waals surface area (Å²) in [5.41, 5.74) is 0. The van der Waals surface area contributed by atoms with E-state index in [2.05, 4.69) is 12.0 Å². The molecule has 0 N–H and O–H groups in total. The maximum absolute atomic E-state index is 5.20. The first-order chi connectivity index (χ1) is 3.84. The third-order valence-corrected chi connectivity index (χ3v) is 2.20. The van der Waals surface area contributed by atoms with Gasteiger partial charge < -0.3 is 4.53 Å². The third-order valence-electron chi connectivity index (χ3n) is 1.73. The zero-order chi connectivity index (χ0) is 5.98. The van der Waals surface area contributed by atoms with Crippen LogP contribution in [0.5, 0.6) is 0 Å². The van der Waals surface area contributed by atoms with Crippen LogP contribution in [0.25, 0.3) is 0 Å². The lowest BCUT2D eigenvalue weighted by molar-refractivity contribution is -0.0578. The monoisotopic (exact) mass is 131 g/mol. The Balaban J connectivity index is 2.30. The third kappa shape index (κ3) is 1.10. The van der Waals surface area contributed by atoms with Gasteiger partial charge in [-0.25, -0.2) is 0 Å². The first-order valence-electron chi connectivity index (χ1n) is 3.15. The van der Waals surface area contributed by atoms with Crippen molar-refractivity contribution >= 4 is 10.5 Å². The maximum atomic E-state index is 5.20. The fraction of sp³-hybridized carbons (Fsp3) is 1.00. The van der Waals surface area contributed by atoms with E-state index in [1.54, 1.807) is 0 Å². The van der Waals surface area contributed by atoms with E-state index in [-0.39, 0.29) is 0 Å². The lowest BCUT2D eigenvalue weighted by atomic mass is 10.3. The Morgan fingerprint density at radius 3 is 2.75 bits per heavy atom. The first-order valence-corrected chi connectivity index (χ1v) is 3.97.